The van der Waals surface area contributed by atoms with E-state index in [9.17, 15) is 9.90 Å². The molecule has 1 aliphatic heterocycles. The molecule has 0 bridgehead atoms. The van der Waals surface area contributed by atoms with Gasteiger partial charge in [-0.05, 0) is 31.5 Å². The van der Waals surface area contributed by atoms with Crippen molar-refractivity contribution in [2.45, 2.75) is 31.8 Å². The maximum Gasteiger partial charge on any atom is 0.337 e. The largest absolute Gasteiger partial charge is 0.478 e. The molecule has 1 atom stereocenters. The van der Waals surface area contributed by atoms with Crippen molar-refractivity contribution >= 4 is 5.97 Å². The molecule has 1 fully saturated rings. The van der Waals surface area contributed by atoms with Crippen molar-refractivity contribution in [3.05, 3.63) is 72.1 Å². The monoisotopic (exact) mass is 363 g/mol. The fourth-order valence-electron chi connectivity index (χ4n) is 3.66. The summed E-state index contributed by atoms with van der Waals surface area (Å²) < 4.78 is 1.64. The maximum absolute atomic E-state index is 11.5. The molecule has 3 aromatic rings. The van der Waals surface area contributed by atoms with Gasteiger partial charge in [0.1, 0.15) is 0 Å². The number of hydrogen-bond donors (Lipinski definition) is 1. The predicted octanol–water partition coefficient (Wildman–Crippen LogP) is 3.09. The summed E-state index contributed by atoms with van der Waals surface area (Å²) in [6.45, 7) is 1.74. The van der Waals surface area contributed by atoms with Crippen LogP contribution in [0.4, 0.5) is 0 Å². The highest BCUT2D eigenvalue weighted by atomic mass is 16.4. The highest BCUT2D eigenvalue weighted by Gasteiger charge is 2.25. The lowest BCUT2D eigenvalue weighted by Gasteiger charge is -2.34. The summed E-state index contributed by atoms with van der Waals surface area (Å²) >= 11 is 0. The van der Waals surface area contributed by atoms with E-state index in [2.05, 4.69) is 20.0 Å². The first-order chi connectivity index (χ1) is 13.2. The van der Waals surface area contributed by atoms with Gasteiger partial charge in [-0.15, -0.1) is 0 Å². The summed E-state index contributed by atoms with van der Waals surface area (Å²) in [5, 5.41) is 13.8. The normalized spacial score (nSPS) is 17.7. The fourth-order valence-corrected chi connectivity index (χ4v) is 3.66. The molecular weight excluding hydrogens is 342 g/mol. The predicted molar refractivity (Wildman–Crippen MR) is 99.6 cm³/mol. The van der Waals surface area contributed by atoms with E-state index >= 15 is 0 Å². The van der Waals surface area contributed by atoms with Gasteiger partial charge in [0.2, 0.25) is 0 Å². The van der Waals surface area contributed by atoms with E-state index in [0.717, 1.165) is 37.2 Å². The number of carboxylic acid groups (broad SMARTS) is 1. The number of para-hydroxylation sites is 1. The average molecular weight is 363 g/mol. The number of piperidine rings is 1. The first-order valence-electron chi connectivity index (χ1n) is 9.08. The minimum absolute atomic E-state index is 0.238. The summed E-state index contributed by atoms with van der Waals surface area (Å²) in [4.78, 5) is 22.6. The number of aromatic nitrogens is 4. The van der Waals surface area contributed by atoms with Crippen LogP contribution in [0.5, 0.6) is 0 Å². The molecule has 0 aliphatic carbocycles. The Morgan fingerprint density at radius 3 is 2.89 bits per heavy atom. The lowest BCUT2D eigenvalue weighted by atomic mass is 9.99. The van der Waals surface area contributed by atoms with Crippen molar-refractivity contribution in [2.75, 3.05) is 6.54 Å². The smallest absolute Gasteiger partial charge is 0.337 e. The Hall–Kier alpha value is -3.06. The number of carbonyl (C=O) groups is 1. The van der Waals surface area contributed by atoms with Crippen molar-refractivity contribution in [3.63, 3.8) is 0 Å². The van der Waals surface area contributed by atoms with Gasteiger partial charge in [-0.3, -0.25) is 14.9 Å². The van der Waals surface area contributed by atoms with Crippen LogP contribution in [0.1, 0.15) is 46.9 Å². The van der Waals surface area contributed by atoms with Gasteiger partial charge in [0.25, 0.3) is 0 Å². The van der Waals surface area contributed by atoms with Gasteiger partial charge in [-0.1, -0.05) is 18.6 Å². The molecular formula is C20H21N5O2. The molecule has 2 aromatic heterocycles. The third kappa shape index (κ3) is 3.73. The van der Waals surface area contributed by atoms with Crippen LogP contribution < -0.4 is 0 Å². The van der Waals surface area contributed by atoms with E-state index in [1.54, 1.807) is 41.5 Å². The second kappa shape index (κ2) is 7.67. The van der Waals surface area contributed by atoms with E-state index < -0.39 is 5.97 Å². The van der Waals surface area contributed by atoms with Crippen LogP contribution in [0, 0.1) is 0 Å². The van der Waals surface area contributed by atoms with Gasteiger partial charge in [0, 0.05) is 36.9 Å². The minimum atomic E-state index is -0.957. The first-order valence-corrected chi connectivity index (χ1v) is 9.08. The van der Waals surface area contributed by atoms with E-state index in [0.29, 0.717) is 5.69 Å². The topological polar surface area (TPSA) is 84.1 Å². The van der Waals surface area contributed by atoms with Gasteiger partial charge in [-0.2, -0.15) is 5.10 Å². The number of hydrogen-bond acceptors (Lipinski definition) is 5. The van der Waals surface area contributed by atoms with Crippen molar-refractivity contribution in [2.24, 2.45) is 0 Å². The Bertz CT molecular complexity index is 925. The average Bonchev–Trinajstić information content (AvgIpc) is 3.17. The number of likely N-dealkylation sites (tertiary alicyclic amines) is 1. The zero-order valence-corrected chi connectivity index (χ0v) is 14.9. The van der Waals surface area contributed by atoms with Crippen molar-refractivity contribution in [1.29, 1.82) is 0 Å². The quantitative estimate of drug-likeness (QED) is 0.750. The minimum Gasteiger partial charge on any atom is -0.478 e. The lowest BCUT2D eigenvalue weighted by Crippen LogP contribution is -2.33. The standard InChI is InChI=1S/C20H21N5O2/c26-20(27)16-5-1-2-6-18(16)25-14-15(11-23-25)13-24-10-4-3-7-19(24)17-12-21-8-9-22-17/h1-2,5-6,8-9,11-12,14,19H,3-4,7,10,13H2,(H,26,27). The van der Waals surface area contributed by atoms with Crippen LogP contribution in [-0.2, 0) is 6.54 Å². The maximum atomic E-state index is 11.5. The third-order valence-electron chi connectivity index (χ3n) is 4.94. The second-order valence-electron chi connectivity index (χ2n) is 6.73. The molecule has 7 heteroatoms. The van der Waals surface area contributed by atoms with Crippen molar-refractivity contribution < 1.29 is 9.90 Å². The van der Waals surface area contributed by atoms with E-state index in [1.165, 1.54) is 6.42 Å². The van der Waals surface area contributed by atoms with E-state index in [4.69, 9.17) is 0 Å². The van der Waals surface area contributed by atoms with Crippen molar-refractivity contribution in [1.82, 2.24) is 24.6 Å². The first kappa shape index (κ1) is 17.4. The number of rotatable bonds is 5. The Morgan fingerprint density at radius 1 is 1.19 bits per heavy atom. The molecule has 0 amide bonds. The molecule has 4 rings (SSSR count). The Balaban J connectivity index is 1.56. The second-order valence-corrected chi connectivity index (χ2v) is 6.73. The van der Waals surface area contributed by atoms with Crippen LogP contribution >= 0.6 is 0 Å². The van der Waals surface area contributed by atoms with Gasteiger partial charge >= 0.3 is 5.97 Å². The highest BCUT2D eigenvalue weighted by molar-refractivity contribution is 5.91. The number of carboxylic acids is 1. The molecule has 1 aromatic carbocycles. The molecule has 138 valence electrons. The molecule has 0 saturated carbocycles. The summed E-state index contributed by atoms with van der Waals surface area (Å²) in [5.41, 5.74) is 2.86. The molecule has 3 heterocycles. The molecule has 7 nitrogen and oxygen atoms in total. The molecule has 1 unspecified atom stereocenters. The molecule has 0 spiro atoms. The lowest BCUT2D eigenvalue weighted by molar-refractivity contribution is 0.0696. The van der Waals surface area contributed by atoms with Crippen LogP contribution in [-0.4, -0.2) is 42.3 Å². The van der Waals surface area contributed by atoms with Crippen LogP contribution in [0.3, 0.4) is 0 Å². The highest BCUT2D eigenvalue weighted by Crippen LogP contribution is 2.30. The van der Waals surface area contributed by atoms with Gasteiger partial charge in [0.05, 0.1) is 29.2 Å². The van der Waals surface area contributed by atoms with E-state index in [-0.39, 0.29) is 11.6 Å². The van der Waals surface area contributed by atoms with Gasteiger partial charge < -0.3 is 5.11 Å². The zero-order valence-electron chi connectivity index (χ0n) is 14.9. The molecule has 0 radical (unpaired) electrons. The fraction of sp³-hybridized carbons (Fsp3) is 0.300. The van der Waals surface area contributed by atoms with Crippen LogP contribution in [0.25, 0.3) is 5.69 Å². The summed E-state index contributed by atoms with van der Waals surface area (Å²) in [6.07, 6.45) is 12.4. The van der Waals surface area contributed by atoms with E-state index in [1.807, 2.05) is 18.5 Å². The number of nitrogens with zero attached hydrogens (tertiary/aromatic N) is 5. The summed E-state index contributed by atoms with van der Waals surface area (Å²) in [7, 11) is 0. The molecule has 27 heavy (non-hydrogen) atoms. The molecule has 1 saturated heterocycles. The Morgan fingerprint density at radius 2 is 2.07 bits per heavy atom. The van der Waals surface area contributed by atoms with Crippen molar-refractivity contribution in [3.8, 4) is 5.69 Å². The molecule has 1 aliphatic rings. The SMILES string of the molecule is O=C(O)c1ccccc1-n1cc(CN2CCCCC2c2cnccn2)cn1. The number of benzene rings is 1. The summed E-state index contributed by atoms with van der Waals surface area (Å²) in [6, 6.07) is 7.15. The van der Waals surface area contributed by atoms with Crippen LogP contribution in [0.2, 0.25) is 0 Å². The third-order valence-corrected chi connectivity index (χ3v) is 4.94. The Labute approximate surface area is 157 Å². The van der Waals surface area contributed by atoms with Crippen LogP contribution in [0.15, 0.2) is 55.2 Å². The van der Waals surface area contributed by atoms with Gasteiger partial charge in [-0.25, -0.2) is 9.48 Å². The molecule has 1 N–H and O–H groups in total. The number of aromatic carboxylic acids is 1. The summed E-state index contributed by atoms with van der Waals surface area (Å²) in [5.74, 6) is -0.957. The Kier molecular flexibility index (Phi) is 4.93. The zero-order chi connectivity index (χ0) is 18.6. The van der Waals surface area contributed by atoms with Gasteiger partial charge in [0.15, 0.2) is 0 Å².